The van der Waals surface area contributed by atoms with Crippen molar-refractivity contribution < 1.29 is 17.9 Å². The lowest BCUT2D eigenvalue weighted by atomic mass is 10.00. The van der Waals surface area contributed by atoms with Crippen LogP contribution in [-0.4, -0.2) is 34.2 Å². The van der Waals surface area contributed by atoms with Crippen molar-refractivity contribution >= 4 is 21.4 Å². The van der Waals surface area contributed by atoms with Gasteiger partial charge < -0.3 is 9.64 Å². The number of hydrogen-bond donors (Lipinski definition) is 0. The third kappa shape index (κ3) is 3.85. The maximum absolute atomic E-state index is 13.0. The highest BCUT2D eigenvalue weighted by Crippen LogP contribution is 2.36. The number of aryl methyl sites for hydroxylation is 1. The summed E-state index contributed by atoms with van der Waals surface area (Å²) in [5.41, 5.74) is 3.15. The Morgan fingerprint density at radius 2 is 1.88 bits per heavy atom. The van der Waals surface area contributed by atoms with Crippen molar-refractivity contribution in [2.24, 2.45) is 0 Å². The minimum atomic E-state index is -3.09. The minimum absolute atomic E-state index is 0.0260. The van der Waals surface area contributed by atoms with Crippen LogP contribution in [-0.2, 0) is 22.0 Å². The fourth-order valence-corrected chi connectivity index (χ4v) is 3.98. The van der Waals surface area contributed by atoms with Gasteiger partial charge in [0.25, 0.3) is 5.91 Å². The van der Waals surface area contributed by atoms with Gasteiger partial charge in [0.15, 0.2) is 9.84 Å². The Balaban J connectivity index is 1.90. The number of nitrogens with zero attached hydrogens (tertiary/aromatic N) is 1. The summed E-state index contributed by atoms with van der Waals surface area (Å²) >= 11 is 0. The molecule has 25 heavy (non-hydrogen) atoms. The van der Waals surface area contributed by atoms with Gasteiger partial charge in [-0.3, -0.25) is 4.79 Å². The van der Waals surface area contributed by atoms with Crippen molar-refractivity contribution in [3.05, 3.63) is 59.2 Å². The van der Waals surface area contributed by atoms with Gasteiger partial charge in [0.2, 0.25) is 0 Å². The number of hydrogen-bond acceptors (Lipinski definition) is 4. The molecule has 3 rings (SSSR count). The molecule has 0 fully saturated rings. The number of sulfone groups is 1. The van der Waals surface area contributed by atoms with Crippen molar-refractivity contribution in [3.8, 4) is 5.75 Å². The zero-order chi connectivity index (χ0) is 18.0. The van der Waals surface area contributed by atoms with Gasteiger partial charge in [-0.25, -0.2) is 8.42 Å². The van der Waals surface area contributed by atoms with E-state index in [1.54, 1.807) is 36.3 Å². The van der Waals surface area contributed by atoms with Gasteiger partial charge in [-0.15, -0.1) is 0 Å². The smallest absolute Gasteiger partial charge is 0.258 e. The molecular formula is C19H21NO4S. The number of para-hydroxylation sites is 1. The van der Waals surface area contributed by atoms with Crippen LogP contribution >= 0.6 is 0 Å². The Labute approximate surface area is 148 Å². The molecule has 0 bridgehead atoms. The highest BCUT2D eigenvalue weighted by Gasteiger charge is 2.26. The summed E-state index contributed by atoms with van der Waals surface area (Å²) in [7, 11) is -1.49. The third-order valence-corrected chi connectivity index (χ3v) is 5.13. The average molecular weight is 359 g/mol. The lowest BCUT2D eigenvalue weighted by Gasteiger charge is -2.31. The fraction of sp³-hybridized carbons (Fsp3) is 0.316. The van der Waals surface area contributed by atoms with E-state index < -0.39 is 9.84 Å². The number of rotatable bonds is 4. The van der Waals surface area contributed by atoms with Gasteiger partial charge in [0.05, 0.1) is 18.6 Å². The lowest BCUT2D eigenvalue weighted by molar-refractivity contribution is 0.0984. The molecule has 0 saturated heterocycles. The van der Waals surface area contributed by atoms with Gasteiger partial charge in [-0.1, -0.05) is 24.3 Å². The number of fused-ring (bicyclic) bond motifs is 1. The number of anilines is 1. The summed E-state index contributed by atoms with van der Waals surface area (Å²) in [6.45, 7) is 0.636. The predicted octanol–water partition coefficient (Wildman–Crippen LogP) is 2.83. The van der Waals surface area contributed by atoms with E-state index in [1.807, 2.05) is 18.2 Å². The van der Waals surface area contributed by atoms with Gasteiger partial charge in [-0.2, -0.15) is 0 Å². The van der Waals surface area contributed by atoms with E-state index in [-0.39, 0.29) is 11.7 Å². The minimum Gasteiger partial charge on any atom is -0.495 e. The molecule has 6 heteroatoms. The molecule has 0 atom stereocenters. The molecular weight excluding hydrogens is 338 g/mol. The highest BCUT2D eigenvalue weighted by molar-refractivity contribution is 7.89. The molecule has 0 aromatic heterocycles. The van der Waals surface area contributed by atoms with E-state index in [2.05, 4.69) is 0 Å². The molecule has 132 valence electrons. The maximum Gasteiger partial charge on any atom is 0.258 e. The molecule has 0 radical (unpaired) electrons. The molecule has 0 N–H and O–H groups in total. The van der Waals surface area contributed by atoms with Gasteiger partial charge in [-0.05, 0) is 42.2 Å². The topological polar surface area (TPSA) is 63.7 Å². The molecule has 1 aliphatic heterocycles. The number of ether oxygens (including phenoxy) is 1. The standard InChI is InChI=1S/C19H21NO4S/c1-24-17-7-3-5-15-6-4-12-20(18(15)17)19(21)16-10-8-14(9-11-16)13-25(2,22)23/h3,5,7-11H,4,6,12-13H2,1-2H3. The summed E-state index contributed by atoms with van der Waals surface area (Å²) in [5, 5.41) is 0. The average Bonchev–Trinajstić information content (AvgIpc) is 2.59. The van der Waals surface area contributed by atoms with E-state index in [0.717, 1.165) is 24.1 Å². The van der Waals surface area contributed by atoms with Crippen molar-refractivity contribution in [3.63, 3.8) is 0 Å². The van der Waals surface area contributed by atoms with Crippen molar-refractivity contribution in [1.29, 1.82) is 0 Å². The summed E-state index contributed by atoms with van der Waals surface area (Å²) < 4.78 is 28.2. The van der Waals surface area contributed by atoms with Crippen LogP contribution < -0.4 is 9.64 Å². The first kappa shape index (κ1) is 17.5. The van der Waals surface area contributed by atoms with Crippen LogP contribution in [0.15, 0.2) is 42.5 Å². The Morgan fingerprint density at radius 3 is 2.52 bits per heavy atom. The van der Waals surface area contributed by atoms with Crippen LogP contribution in [0.3, 0.4) is 0 Å². The van der Waals surface area contributed by atoms with E-state index in [9.17, 15) is 13.2 Å². The normalized spacial score (nSPS) is 14.1. The van der Waals surface area contributed by atoms with Crippen LogP contribution in [0.2, 0.25) is 0 Å². The molecule has 0 unspecified atom stereocenters. The molecule has 1 aliphatic rings. The second-order valence-electron chi connectivity index (χ2n) is 6.30. The molecule has 0 saturated carbocycles. The first-order valence-electron chi connectivity index (χ1n) is 8.13. The maximum atomic E-state index is 13.0. The van der Waals surface area contributed by atoms with Crippen LogP contribution in [0.1, 0.15) is 27.9 Å². The molecule has 2 aromatic carbocycles. The largest absolute Gasteiger partial charge is 0.495 e. The summed E-state index contributed by atoms with van der Waals surface area (Å²) in [6, 6.07) is 12.6. The molecule has 0 aliphatic carbocycles. The molecule has 2 aromatic rings. The zero-order valence-electron chi connectivity index (χ0n) is 14.4. The van der Waals surface area contributed by atoms with Crippen LogP contribution in [0, 0.1) is 0 Å². The molecule has 1 heterocycles. The Kier molecular flexibility index (Phi) is 4.81. The predicted molar refractivity (Wildman–Crippen MR) is 98.0 cm³/mol. The number of carbonyl (C=O) groups excluding carboxylic acids is 1. The second-order valence-corrected chi connectivity index (χ2v) is 8.44. The van der Waals surface area contributed by atoms with Gasteiger partial charge >= 0.3 is 0 Å². The van der Waals surface area contributed by atoms with Crippen molar-refractivity contribution in [2.75, 3.05) is 24.8 Å². The molecule has 0 spiro atoms. The summed E-state index contributed by atoms with van der Waals surface area (Å²) in [4.78, 5) is 14.7. The Morgan fingerprint density at radius 1 is 1.16 bits per heavy atom. The van der Waals surface area contributed by atoms with Crippen LogP contribution in [0.4, 0.5) is 5.69 Å². The van der Waals surface area contributed by atoms with Gasteiger partial charge in [0, 0.05) is 18.4 Å². The number of benzene rings is 2. The first-order chi connectivity index (χ1) is 11.9. The number of methoxy groups -OCH3 is 1. The van der Waals surface area contributed by atoms with E-state index in [4.69, 9.17) is 4.74 Å². The molecule has 1 amide bonds. The quantitative estimate of drug-likeness (QED) is 0.842. The second kappa shape index (κ2) is 6.88. The van der Waals surface area contributed by atoms with Crippen molar-refractivity contribution in [1.82, 2.24) is 0 Å². The van der Waals surface area contributed by atoms with Gasteiger partial charge in [0.1, 0.15) is 5.75 Å². The summed E-state index contributed by atoms with van der Waals surface area (Å²) in [5.74, 6) is 0.567. The zero-order valence-corrected chi connectivity index (χ0v) is 15.2. The first-order valence-corrected chi connectivity index (χ1v) is 10.2. The van der Waals surface area contributed by atoms with Crippen LogP contribution in [0.25, 0.3) is 0 Å². The number of amides is 1. The van der Waals surface area contributed by atoms with E-state index in [1.165, 1.54) is 6.26 Å². The van der Waals surface area contributed by atoms with Crippen molar-refractivity contribution in [2.45, 2.75) is 18.6 Å². The third-order valence-electron chi connectivity index (χ3n) is 4.28. The monoisotopic (exact) mass is 359 g/mol. The fourth-order valence-electron chi connectivity index (χ4n) is 3.19. The SMILES string of the molecule is COc1cccc2c1N(C(=O)c1ccc(CS(C)(=O)=O)cc1)CCC2. The van der Waals surface area contributed by atoms with E-state index >= 15 is 0 Å². The lowest BCUT2D eigenvalue weighted by Crippen LogP contribution is -2.35. The number of carbonyl (C=O) groups is 1. The molecule has 5 nitrogen and oxygen atoms in total. The van der Waals surface area contributed by atoms with E-state index in [0.29, 0.717) is 23.4 Å². The summed E-state index contributed by atoms with van der Waals surface area (Å²) in [6.07, 6.45) is 3.02. The Bertz CT molecular complexity index is 874. The Hall–Kier alpha value is -2.34. The van der Waals surface area contributed by atoms with Crippen LogP contribution in [0.5, 0.6) is 5.75 Å². The highest BCUT2D eigenvalue weighted by atomic mass is 32.2.